The minimum atomic E-state index is 0.810. The van der Waals surface area contributed by atoms with Gasteiger partial charge in [0.25, 0.3) is 0 Å². The number of thiophene rings is 1. The molecule has 0 aliphatic carbocycles. The summed E-state index contributed by atoms with van der Waals surface area (Å²) >= 11 is 1.70. The Labute approximate surface area is 159 Å². The molecule has 2 heterocycles. The number of anilines is 1. The number of rotatable bonds is 10. The largest absolute Gasteiger partial charge is 0.494 e. The summed E-state index contributed by atoms with van der Waals surface area (Å²) in [4.78, 5) is 8.75. The molecular weight excluding hydrogens is 342 g/mol. The Morgan fingerprint density at radius 2 is 1.92 bits per heavy atom. The highest BCUT2D eigenvalue weighted by molar-refractivity contribution is 7.18. The molecule has 0 unspecified atom stereocenters. The molecular formula is C21H27N3OS. The summed E-state index contributed by atoms with van der Waals surface area (Å²) < 4.78 is 6.94. The molecule has 0 fully saturated rings. The van der Waals surface area contributed by atoms with Crippen molar-refractivity contribution in [2.75, 3.05) is 18.5 Å². The van der Waals surface area contributed by atoms with E-state index in [0.717, 1.165) is 47.8 Å². The molecule has 0 bridgehead atoms. The summed E-state index contributed by atoms with van der Waals surface area (Å²) in [5, 5.41) is 5.58. The minimum absolute atomic E-state index is 0.810. The predicted molar refractivity (Wildman–Crippen MR) is 110 cm³/mol. The number of hydrogen-bond donors (Lipinski definition) is 1. The van der Waals surface area contributed by atoms with E-state index in [4.69, 9.17) is 4.74 Å². The third-order valence-electron chi connectivity index (χ3n) is 4.43. The molecule has 4 nitrogen and oxygen atoms in total. The van der Waals surface area contributed by atoms with Crippen molar-refractivity contribution in [3.05, 3.63) is 47.1 Å². The maximum absolute atomic E-state index is 5.80. The molecule has 0 radical (unpaired) electrons. The molecule has 3 rings (SSSR count). The molecule has 0 aliphatic rings. The van der Waals surface area contributed by atoms with Crippen LogP contribution in [0.1, 0.15) is 43.7 Å². The second-order valence-electron chi connectivity index (χ2n) is 6.55. The Morgan fingerprint density at radius 3 is 2.73 bits per heavy atom. The van der Waals surface area contributed by atoms with Gasteiger partial charge in [-0.1, -0.05) is 38.3 Å². The van der Waals surface area contributed by atoms with E-state index in [1.165, 1.54) is 30.4 Å². The SMILES string of the molecule is CCCCCCOc1ccc(CCNc2ncnc3c(C)csc23)cc1. The number of aryl methyl sites for hydroxylation is 1. The van der Waals surface area contributed by atoms with E-state index in [1.54, 1.807) is 17.7 Å². The van der Waals surface area contributed by atoms with Gasteiger partial charge < -0.3 is 10.1 Å². The summed E-state index contributed by atoms with van der Waals surface area (Å²) in [6.07, 6.45) is 7.52. The molecule has 2 aromatic heterocycles. The molecule has 0 saturated carbocycles. The van der Waals surface area contributed by atoms with Crippen LogP contribution in [0.25, 0.3) is 10.2 Å². The topological polar surface area (TPSA) is 47.0 Å². The summed E-state index contributed by atoms with van der Waals surface area (Å²) in [6.45, 7) is 5.97. The molecule has 0 saturated heterocycles. The average molecular weight is 370 g/mol. The number of fused-ring (bicyclic) bond motifs is 1. The number of benzene rings is 1. The molecule has 26 heavy (non-hydrogen) atoms. The first-order valence-corrected chi connectivity index (χ1v) is 10.3. The van der Waals surface area contributed by atoms with Gasteiger partial charge in [0.2, 0.25) is 0 Å². The van der Waals surface area contributed by atoms with Crippen LogP contribution in [0.4, 0.5) is 5.82 Å². The van der Waals surface area contributed by atoms with Crippen molar-refractivity contribution in [3.8, 4) is 5.75 Å². The zero-order valence-corrected chi connectivity index (χ0v) is 16.4. The molecule has 0 atom stereocenters. The van der Waals surface area contributed by atoms with E-state index in [9.17, 15) is 0 Å². The number of nitrogens with zero attached hydrogens (tertiary/aromatic N) is 2. The lowest BCUT2D eigenvalue weighted by Crippen LogP contribution is -2.06. The molecule has 138 valence electrons. The number of nitrogens with one attached hydrogen (secondary N) is 1. The lowest BCUT2D eigenvalue weighted by Gasteiger charge is -2.08. The molecule has 0 amide bonds. The van der Waals surface area contributed by atoms with E-state index >= 15 is 0 Å². The van der Waals surface area contributed by atoms with E-state index in [1.807, 2.05) is 0 Å². The van der Waals surface area contributed by atoms with Crippen molar-refractivity contribution >= 4 is 27.4 Å². The maximum atomic E-state index is 5.80. The van der Waals surface area contributed by atoms with Crippen LogP contribution in [-0.2, 0) is 6.42 Å². The van der Waals surface area contributed by atoms with E-state index in [-0.39, 0.29) is 0 Å². The van der Waals surface area contributed by atoms with Gasteiger partial charge in [0.1, 0.15) is 17.9 Å². The van der Waals surface area contributed by atoms with Gasteiger partial charge in [-0.05, 0) is 48.4 Å². The lowest BCUT2D eigenvalue weighted by molar-refractivity contribution is 0.305. The second kappa shape index (κ2) is 9.53. The lowest BCUT2D eigenvalue weighted by atomic mass is 10.1. The van der Waals surface area contributed by atoms with Gasteiger partial charge in [-0.25, -0.2) is 9.97 Å². The fraction of sp³-hybridized carbons (Fsp3) is 0.429. The highest BCUT2D eigenvalue weighted by Gasteiger charge is 2.07. The fourth-order valence-electron chi connectivity index (χ4n) is 2.89. The molecule has 0 aliphatic heterocycles. The van der Waals surface area contributed by atoms with Crippen molar-refractivity contribution in [3.63, 3.8) is 0 Å². The summed E-state index contributed by atoms with van der Waals surface area (Å²) in [5.74, 6) is 1.89. The van der Waals surface area contributed by atoms with Crippen LogP contribution in [0.2, 0.25) is 0 Å². The first-order chi connectivity index (χ1) is 12.8. The van der Waals surface area contributed by atoms with Gasteiger partial charge in [0.05, 0.1) is 16.8 Å². The number of aromatic nitrogens is 2. The Bertz CT molecular complexity index is 814. The fourth-order valence-corrected chi connectivity index (χ4v) is 3.86. The quantitative estimate of drug-likeness (QED) is 0.472. The van der Waals surface area contributed by atoms with E-state index in [2.05, 4.69) is 58.8 Å². The minimum Gasteiger partial charge on any atom is -0.494 e. The van der Waals surface area contributed by atoms with Gasteiger partial charge in [-0.3, -0.25) is 0 Å². The third-order valence-corrected chi connectivity index (χ3v) is 5.52. The molecule has 1 aromatic carbocycles. The number of hydrogen-bond acceptors (Lipinski definition) is 5. The zero-order chi connectivity index (χ0) is 18.2. The van der Waals surface area contributed by atoms with Crippen LogP contribution in [-0.4, -0.2) is 23.1 Å². The van der Waals surface area contributed by atoms with Crippen molar-refractivity contribution in [2.45, 2.75) is 46.0 Å². The van der Waals surface area contributed by atoms with Crippen molar-refractivity contribution < 1.29 is 4.74 Å². The van der Waals surface area contributed by atoms with Crippen LogP contribution in [0.3, 0.4) is 0 Å². The van der Waals surface area contributed by atoms with Crippen LogP contribution in [0.15, 0.2) is 36.0 Å². The summed E-state index contributed by atoms with van der Waals surface area (Å²) in [6, 6.07) is 8.43. The van der Waals surface area contributed by atoms with E-state index in [0.29, 0.717) is 0 Å². The molecule has 5 heteroatoms. The van der Waals surface area contributed by atoms with Crippen molar-refractivity contribution in [1.82, 2.24) is 9.97 Å². The Hall–Kier alpha value is -2.14. The standard InChI is InChI=1S/C21H27N3OS/c1-3-4-5-6-13-25-18-9-7-17(8-10-18)11-12-22-21-20-19(23-15-24-21)16(2)14-26-20/h7-10,14-15H,3-6,11-13H2,1-2H3,(H,22,23,24). The van der Waals surface area contributed by atoms with Gasteiger partial charge in [0, 0.05) is 6.54 Å². The monoisotopic (exact) mass is 369 g/mol. The van der Waals surface area contributed by atoms with Crippen LogP contribution >= 0.6 is 11.3 Å². The molecule has 0 spiro atoms. The van der Waals surface area contributed by atoms with Crippen molar-refractivity contribution in [1.29, 1.82) is 0 Å². The first-order valence-electron chi connectivity index (χ1n) is 9.42. The first kappa shape index (κ1) is 18.6. The average Bonchev–Trinajstić information content (AvgIpc) is 3.05. The molecule has 1 N–H and O–H groups in total. The Balaban J connectivity index is 1.46. The normalized spacial score (nSPS) is 11.0. The van der Waals surface area contributed by atoms with Gasteiger partial charge in [-0.2, -0.15) is 0 Å². The van der Waals surface area contributed by atoms with Crippen LogP contribution in [0, 0.1) is 6.92 Å². The van der Waals surface area contributed by atoms with Crippen LogP contribution in [0.5, 0.6) is 5.75 Å². The number of unbranched alkanes of at least 4 members (excludes halogenated alkanes) is 3. The van der Waals surface area contributed by atoms with Crippen LogP contribution < -0.4 is 10.1 Å². The Kier molecular flexibility index (Phi) is 6.83. The highest BCUT2D eigenvalue weighted by atomic mass is 32.1. The summed E-state index contributed by atoms with van der Waals surface area (Å²) in [7, 11) is 0. The van der Waals surface area contributed by atoms with Gasteiger partial charge >= 0.3 is 0 Å². The maximum Gasteiger partial charge on any atom is 0.147 e. The Morgan fingerprint density at radius 1 is 1.08 bits per heavy atom. The second-order valence-corrected chi connectivity index (χ2v) is 7.43. The predicted octanol–water partition coefficient (Wildman–Crippen LogP) is 5.61. The highest BCUT2D eigenvalue weighted by Crippen LogP contribution is 2.28. The van der Waals surface area contributed by atoms with Gasteiger partial charge in [0.15, 0.2) is 0 Å². The zero-order valence-electron chi connectivity index (χ0n) is 15.6. The number of ether oxygens (including phenoxy) is 1. The smallest absolute Gasteiger partial charge is 0.147 e. The van der Waals surface area contributed by atoms with E-state index < -0.39 is 0 Å². The third kappa shape index (κ3) is 4.94. The van der Waals surface area contributed by atoms with Crippen molar-refractivity contribution in [2.24, 2.45) is 0 Å². The van der Waals surface area contributed by atoms with Gasteiger partial charge in [-0.15, -0.1) is 11.3 Å². The summed E-state index contributed by atoms with van der Waals surface area (Å²) in [5.41, 5.74) is 3.55. The molecule has 3 aromatic rings.